The van der Waals surface area contributed by atoms with E-state index in [9.17, 15) is 9.59 Å². The first-order valence-electron chi connectivity index (χ1n) is 7.03. The van der Waals surface area contributed by atoms with Crippen molar-refractivity contribution < 1.29 is 19.4 Å². The third kappa shape index (κ3) is 2.90. The van der Waals surface area contributed by atoms with Gasteiger partial charge in [0.2, 0.25) is 0 Å². The molecule has 0 aliphatic carbocycles. The van der Waals surface area contributed by atoms with Gasteiger partial charge < -0.3 is 14.7 Å². The summed E-state index contributed by atoms with van der Waals surface area (Å²) in [7, 11) is 1.87. The van der Waals surface area contributed by atoms with Crippen LogP contribution in [0.25, 0.3) is 0 Å². The fraction of sp³-hybridized carbons (Fsp3) is 0.250. The highest BCUT2D eigenvalue weighted by Gasteiger charge is 2.33. The molecule has 0 spiro atoms. The number of aliphatic carboxylic acids is 1. The average Bonchev–Trinajstić information content (AvgIpc) is 3.10. The first kappa shape index (κ1) is 17.2. The van der Waals surface area contributed by atoms with E-state index in [-0.39, 0.29) is 33.6 Å². The summed E-state index contributed by atoms with van der Waals surface area (Å²) in [4.78, 5) is 25.6. The lowest BCUT2D eigenvalue weighted by atomic mass is 10.0. The van der Waals surface area contributed by atoms with Crippen molar-refractivity contribution in [2.75, 3.05) is 7.05 Å². The highest BCUT2D eigenvalue weighted by molar-refractivity contribution is 8.06. The van der Waals surface area contributed by atoms with Crippen LogP contribution in [0.4, 0.5) is 0 Å². The molecule has 0 fully saturated rings. The lowest BCUT2D eigenvalue weighted by Crippen LogP contribution is -2.24. The second-order valence-electron chi connectivity index (χ2n) is 5.47. The van der Waals surface area contributed by atoms with Gasteiger partial charge in [-0.15, -0.1) is 0 Å². The van der Waals surface area contributed by atoms with Crippen molar-refractivity contribution >= 4 is 46.7 Å². The number of hydrogen-bond acceptors (Lipinski definition) is 5. The predicted molar refractivity (Wildman–Crippen MR) is 93.7 cm³/mol. The van der Waals surface area contributed by atoms with Gasteiger partial charge in [-0.1, -0.05) is 35.0 Å². The van der Waals surface area contributed by atoms with Crippen molar-refractivity contribution in [1.29, 1.82) is 0 Å². The standard InChI is InChI=1S/C16H13Cl2NO4S/c1-7-6-24-12(19(7)2)5-10(20)9-3-8-4-11(16(21)22)23-15(8)14(18)13(9)17/h3,5-6,11H,4H2,1-2H3,(H,21,22). The molecule has 2 aliphatic rings. The Labute approximate surface area is 152 Å². The number of allylic oxidation sites excluding steroid dienone is 2. The van der Waals surface area contributed by atoms with Crippen molar-refractivity contribution in [2.45, 2.75) is 19.4 Å². The smallest absolute Gasteiger partial charge is 0.345 e. The highest BCUT2D eigenvalue weighted by Crippen LogP contribution is 2.43. The van der Waals surface area contributed by atoms with E-state index in [1.807, 2.05) is 24.3 Å². The second kappa shape index (κ2) is 6.35. The van der Waals surface area contributed by atoms with E-state index in [1.54, 1.807) is 6.07 Å². The molecule has 1 aromatic carbocycles. The Hall–Kier alpha value is -1.63. The summed E-state index contributed by atoms with van der Waals surface area (Å²) < 4.78 is 5.32. The maximum Gasteiger partial charge on any atom is 0.345 e. The molecule has 2 heterocycles. The second-order valence-corrected chi connectivity index (χ2v) is 7.12. The number of halogens is 2. The monoisotopic (exact) mass is 385 g/mol. The van der Waals surface area contributed by atoms with Crippen molar-refractivity contribution in [3.05, 3.63) is 49.4 Å². The van der Waals surface area contributed by atoms with E-state index in [1.165, 1.54) is 17.8 Å². The largest absolute Gasteiger partial charge is 0.478 e. The number of carboxylic acid groups (broad SMARTS) is 1. The maximum atomic E-state index is 12.6. The molecule has 24 heavy (non-hydrogen) atoms. The van der Waals surface area contributed by atoms with Crippen LogP contribution in [0.1, 0.15) is 22.8 Å². The van der Waals surface area contributed by atoms with E-state index >= 15 is 0 Å². The Kier molecular flexibility index (Phi) is 4.55. The third-order valence-corrected chi connectivity index (χ3v) is 5.85. The number of benzene rings is 1. The molecule has 5 nitrogen and oxygen atoms in total. The molecule has 1 N–H and O–H groups in total. The zero-order chi connectivity index (χ0) is 17.6. The van der Waals surface area contributed by atoms with Gasteiger partial charge in [-0.25, -0.2) is 4.79 Å². The summed E-state index contributed by atoms with van der Waals surface area (Å²) in [6.45, 7) is 1.95. The van der Waals surface area contributed by atoms with E-state index in [4.69, 9.17) is 33.0 Å². The molecule has 0 radical (unpaired) electrons. The van der Waals surface area contributed by atoms with Gasteiger partial charge >= 0.3 is 5.97 Å². The van der Waals surface area contributed by atoms with Gasteiger partial charge in [0.15, 0.2) is 11.9 Å². The van der Waals surface area contributed by atoms with Crippen molar-refractivity contribution in [3.63, 3.8) is 0 Å². The molecule has 1 atom stereocenters. The highest BCUT2D eigenvalue weighted by atomic mass is 35.5. The van der Waals surface area contributed by atoms with Gasteiger partial charge in [0.05, 0.1) is 10.1 Å². The van der Waals surface area contributed by atoms with Crippen LogP contribution in [0.2, 0.25) is 10.0 Å². The minimum Gasteiger partial charge on any atom is -0.478 e. The molecule has 1 aromatic rings. The number of hydrogen-bond donors (Lipinski definition) is 1. The molecule has 1 unspecified atom stereocenters. The van der Waals surface area contributed by atoms with E-state index in [2.05, 4.69) is 0 Å². The quantitative estimate of drug-likeness (QED) is 0.627. The van der Waals surface area contributed by atoms with Gasteiger partial charge in [0.1, 0.15) is 10.8 Å². The molecule has 3 rings (SSSR count). The molecule has 8 heteroatoms. The SMILES string of the molecule is CC1=CSC(=CC(=O)c2cc3c(c(Cl)c2Cl)OC(C(=O)O)C3)N1C. The number of ether oxygens (including phenoxy) is 1. The molecular formula is C16H13Cl2NO4S. The zero-order valence-corrected chi connectivity index (χ0v) is 15.1. The minimum absolute atomic E-state index is 0.0682. The first-order valence-corrected chi connectivity index (χ1v) is 8.66. The van der Waals surface area contributed by atoms with Gasteiger partial charge in [0.25, 0.3) is 0 Å². The van der Waals surface area contributed by atoms with Crippen LogP contribution in [0, 0.1) is 0 Å². The van der Waals surface area contributed by atoms with Crippen LogP contribution >= 0.6 is 35.0 Å². The fourth-order valence-electron chi connectivity index (χ4n) is 2.44. The number of carbonyl (C=O) groups is 2. The summed E-state index contributed by atoms with van der Waals surface area (Å²) >= 11 is 13.8. The van der Waals surface area contributed by atoms with Crippen molar-refractivity contribution in [1.82, 2.24) is 4.90 Å². The number of carbonyl (C=O) groups excluding carboxylic acids is 1. The predicted octanol–water partition coefficient (Wildman–Crippen LogP) is 3.95. The summed E-state index contributed by atoms with van der Waals surface area (Å²) in [6, 6.07) is 1.56. The molecule has 2 aliphatic heterocycles. The molecule has 126 valence electrons. The Morgan fingerprint density at radius 1 is 1.42 bits per heavy atom. The van der Waals surface area contributed by atoms with E-state index in [0.717, 1.165) is 10.7 Å². The fourth-order valence-corrected chi connectivity index (χ4v) is 3.87. The van der Waals surface area contributed by atoms with Gasteiger partial charge in [-0.2, -0.15) is 0 Å². The lowest BCUT2D eigenvalue weighted by Gasteiger charge is -2.14. The summed E-state index contributed by atoms with van der Waals surface area (Å²) in [5, 5.41) is 11.9. The number of rotatable bonds is 3. The van der Waals surface area contributed by atoms with Crippen LogP contribution in [-0.4, -0.2) is 34.9 Å². The van der Waals surface area contributed by atoms with Crippen molar-refractivity contribution in [2.24, 2.45) is 0 Å². The molecular weight excluding hydrogens is 373 g/mol. The van der Waals surface area contributed by atoms with Crippen LogP contribution in [0.3, 0.4) is 0 Å². The molecule has 0 amide bonds. The van der Waals surface area contributed by atoms with Crippen LogP contribution < -0.4 is 4.74 Å². The Morgan fingerprint density at radius 3 is 2.71 bits per heavy atom. The Bertz CT molecular complexity index is 819. The maximum absolute atomic E-state index is 12.6. The number of thioether (sulfide) groups is 1. The van der Waals surface area contributed by atoms with Gasteiger partial charge in [0, 0.05) is 36.4 Å². The van der Waals surface area contributed by atoms with Crippen LogP contribution in [-0.2, 0) is 11.2 Å². The molecule has 0 aromatic heterocycles. The lowest BCUT2D eigenvalue weighted by molar-refractivity contribution is -0.144. The molecule has 0 saturated heterocycles. The van der Waals surface area contributed by atoms with Crippen LogP contribution in [0.15, 0.2) is 28.3 Å². The normalized spacial score (nSPS) is 20.8. The van der Waals surface area contributed by atoms with Crippen LogP contribution in [0.5, 0.6) is 5.75 Å². The summed E-state index contributed by atoms with van der Waals surface area (Å²) in [6.07, 6.45) is 0.625. The van der Waals surface area contributed by atoms with E-state index in [0.29, 0.717) is 5.56 Å². The zero-order valence-electron chi connectivity index (χ0n) is 12.8. The average molecular weight is 386 g/mol. The number of carboxylic acids is 1. The number of fused-ring (bicyclic) bond motifs is 1. The van der Waals surface area contributed by atoms with Crippen molar-refractivity contribution in [3.8, 4) is 5.75 Å². The number of nitrogens with zero attached hydrogens (tertiary/aromatic N) is 1. The topological polar surface area (TPSA) is 66.8 Å². The Morgan fingerprint density at radius 2 is 2.12 bits per heavy atom. The molecule has 0 saturated carbocycles. The first-order chi connectivity index (χ1) is 11.3. The van der Waals surface area contributed by atoms with Gasteiger partial charge in [-0.3, -0.25) is 4.79 Å². The summed E-state index contributed by atoms with van der Waals surface area (Å²) in [5.74, 6) is -1.14. The third-order valence-electron chi connectivity index (χ3n) is 3.91. The molecule has 0 bridgehead atoms. The number of ketones is 1. The van der Waals surface area contributed by atoms with E-state index < -0.39 is 12.1 Å². The van der Waals surface area contributed by atoms with Gasteiger partial charge in [-0.05, 0) is 18.4 Å². The summed E-state index contributed by atoms with van der Waals surface area (Å²) in [5.41, 5.74) is 1.84. The minimum atomic E-state index is -1.08. The Balaban J connectivity index is 1.95.